The van der Waals surface area contributed by atoms with Crippen LogP contribution >= 0.6 is 0 Å². The molecule has 0 radical (unpaired) electrons. The van der Waals surface area contributed by atoms with Crippen molar-refractivity contribution in [3.8, 4) is 23.0 Å². The van der Waals surface area contributed by atoms with Gasteiger partial charge in [0.1, 0.15) is 23.0 Å². The average molecular weight is 1530 g/mol. The highest BCUT2D eigenvalue weighted by molar-refractivity contribution is 7.87. The van der Waals surface area contributed by atoms with E-state index in [0.717, 1.165) is 28.8 Å². The summed E-state index contributed by atoms with van der Waals surface area (Å²) in [5.41, 5.74) is 8.65. The van der Waals surface area contributed by atoms with Gasteiger partial charge in [-0.25, -0.2) is 0 Å². The monoisotopic (exact) mass is 1520 g/mol. The number of benzene rings is 8. The minimum absolute atomic E-state index is 0.00324. The number of fused-ring (bicyclic) bond motifs is 2. The molecule has 0 atom stereocenters. The van der Waals surface area contributed by atoms with Gasteiger partial charge in [0.2, 0.25) is 0 Å². The topological polar surface area (TPSA) is 486 Å². The van der Waals surface area contributed by atoms with Crippen LogP contribution in [-0.4, -0.2) is 134 Å². The minimum Gasteiger partial charge on any atom is -0.493 e. The van der Waals surface area contributed by atoms with Crippen LogP contribution in [0.1, 0.15) is 64.6 Å². The molecule has 546 valence electrons. The van der Waals surface area contributed by atoms with E-state index in [0.29, 0.717) is 95.0 Å². The summed E-state index contributed by atoms with van der Waals surface area (Å²) < 4.78 is 220. The van der Waals surface area contributed by atoms with E-state index >= 15 is 0 Å². The van der Waals surface area contributed by atoms with Crippen LogP contribution in [0.4, 0.5) is 51.2 Å². The first-order chi connectivity index (χ1) is 47.7. The first-order valence-corrected chi connectivity index (χ1v) is 40.1. The summed E-state index contributed by atoms with van der Waals surface area (Å²) in [5.74, 6) is -1.84. The molecular weight excluding hydrogens is 1450 g/mol. The molecule has 0 aliphatic heterocycles. The fourth-order valence-electron chi connectivity index (χ4n) is 9.91. The van der Waals surface area contributed by atoms with Crippen molar-refractivity contribution < 1.29 is 96.8 Å². The molecule has 0 aromatic heterocycles. The molecule has 8 N–H and O–H groups in total. The van der Waals surface area contributed by atoms with Gasteiger partial charge in [0, 0.05) is 35.0 Å². The van der Waals surface area contributed by atoms with Crippen molar-refractivity contribution in [3.63, 3.8) is 0 Å². The third-order valence-electron chi connectivity index (χ3n) is 15.1. The molecule has 0 fully saturated rings. The van der Waals surface area contributed by atoms with E-state index in [1.165, 1.54) is 12.1 Å². The molecule has 8 aromatic rings. The smallest absolute Gasteiger partial charge is 0.294 e. The van der Waals surface area contributed by atoms with Gasteiger partial charge in [-0.3, -0.25) is 27.3 Å². The second-order valence-corrected chi connectivity index (χ2v) is 32.5. The molecule has 0 aliphatic rings. The molecule has 38 heteroatoms. The number of anilines is 2. The fourth-order valence-corrected chi connectivity index (χ4v) is 12.9. The van der Waals surface area contributed by atoms with Gasteiger partial charge in [-0.2, -0.15) is 91.4 Å². The molecule has 0 spiro atoms. The van der Waals surface area contributed by atoms with Crippen LogP contribution in [0.5, 0.6) is 23.0 Å². The van der Waals surface area contributed by atoms with Crippen LogP contribution in [0.25, 0.3) is 21.5 Å². The summed E-state index contributed by atoms with van der Waals surface area (Å²) in [6.45, 7) is 10.3. The number of aryl methyl sites for hydroxylation is 6. The molecule has 8 rings (SSSR count). The van der Waals surface area contributed by atoms with Gasteiger partial charge < -0.3 is 29.6 Å². The molecule has 0 amide bonds. The van der Waals surface area contributed by atoms with Crippen LogP contribution in [-0.2, 0) is 67.3 Å². The SMILES string of the molecule is Cc1cc(N=Nc2cc(OCCCS(=O)(=O)O)c(NCNc3cc(C)c(/N=N\c4cc(C)c(N=Nc5ccc6cc(S(=O)(=O)O)cc(OCCCS(=O)(=O)O)c6c5)cc4C)cc3OCCCS(=O)(=O)O)cc2C)c(C)cc1CN=Nc1ccc2cc(S(=O)(=O)O)cc(OCCCS(=O)(=O)O)c2c1. The molecule has 8 aromatic carbocycles. The molecule has 102 heavy (non-hydrogen) atoms. The maximum Gasteiger partial charge on any atom is 0.294 e. The second-order valence-electron chi connectivity index (χ2n) is 23.3. The van der Waals surface area contributed by atoms with Crippen molar-refractivity contribution in [3.05, 3.63) is 148 Å². The average Bonchev–Trinajstić information content (AvgIpc) is 0.792. The van der Waals surface area contributed by atoms with E-state index < -0.39 is 93.5 Å². The Morgan fingerprint density at radius 2 is 0.667 bits per heavy atom. The van der Waals surface area contributed by atoms with Crippen LogP contribution in [0.3, 0.4) is 0 Å². The molecule has 0 unspecified atom stereocenters. The lowest BCUT2D eigenvalue weighted by atomic mass is 10.0. The van der Waals surface area contributed by atoms with Gasteiger partial charge in [-0.15, -0.1) is 0 Å². The van der Waals surface area contributed by atoms with Crippen LogP contribution in [0.15, 0.2) is 160 Å². The molecular formula is C64H72N10O22S6. The highest BCUT2D eigenvalue weighted by atomic mass is 32.2. The zero-order valence-electron chi connectivity index (χ0n) is 55.5. The third kappa shape index (κ3) is 23.8. The maximum absolute atomic E-state index is 12.1. The van der Waals surface area contributed by atoms with E-state index in [1.807, 2.05) is 26.0 Å². The van der Waals surface area contributed by atoms with Crippen LogP contribution < -0.4 is 29.6 Å². The van der Waals surface area contributed by atoms with E-state index in [1.54, 1.807) is 100 Å². The van der Waals surface area contributed by atoms with E-state index in [4.69, 9.17) is 28.1 Å². The molecule has 32 nitrogen and oxygen atoms in total. The Labute approximate surface area is 588 Å². The van der Waals surface area contributed by atoms with Gasteiger partial charge in [-0.1, -0.05) is 18.2 Å². The third-order valence-corrected chi connectivity index (χ3v) is 20.0. The molecule has 0 saturated carbocycles. The van der Waals surface area contributed by atoms with Gasteiger partial charge >= 0.3 is 0 Å². The summed E-state index contributed by atoms with van der Waals surface area (Å²) in [7, 11) is -26.5. The first-order valence-electron chi connectivity index (χ1n) is 30.8. The van der Waals surface area contributed by atoms with Crippen LogP contribution in [0, 0.1) is 41.5 Å². The summed E-state index contributed by atoms with van der Waals surface area (Å²) in [6, 6.07) is 27.9. The number of nitrogens with zero attached hydrogens (tertiary/aromatic N) is 8. The number of nitrogens with one attached hydrogen (secondary N) is 2. The molecule has 0 aliphatic carbocycles. The van der Waals surface area contributed by atoms with Crippen molar-refractivity contribution in [1.29, 1.82) is 0 Å². The standard InChI is InChI=1S/C64H72N10O22S6/c1-39-24-54(40(2)23-47(39)37-67-68-48-13-11-45-29-50(101(87,88)89)33-61(52(45)31-48)93-15-7-19-97(75,76)77)71-73-57-35-63(95-17-9-21-99(81,82)83)59(27-43(57)5)65-38-66-60-28-44(6)58(36-64(60)96-18-10-22-100(84,85)86)74-72-56-26-41(3)55(25-42(56)4)70-69-49-14-12-46-30-51(102(90,91)92)34-62(53(46)32-49)94-16-8-20-98(78,79)80/h11-14,23-36,65-66H,7-10,15-22,37-38H2,1-6H3,(H,75,76,77)(H,78,79,80)(H,81,82,83)(H,84,85,86)(H,87,88,89)(H,90,91,92)/b68-67?,70-69?,73-71?,74-72-. The van der Waals surface area contributed by atoms with E-state index in [2.05, 4.69) is 51.5 Å². The Hall–Kier alpha value is -9.06. The number of ether oxygens (including phenoxy) is 4. The number of azo groups is 4. The Kier molecular flexibility index (Phi) is 25.7. The summed E-state index contributed by atoms with van der Waals surface area (Å²) >= 11 is 0. The van der Waals surface area contributed by atoms with Crippen molar-refractivity contribution in [2.45, 2.75) is 83.6 Å². The largest absolute Gasteiger partial charge is 0.493 e. The Bertz CT molecular complexity index is 5350. The van der Waals surface area contributed by atoms with Crippen molar-refractivity contribution in [2.24, 2.45) is 40.9 Å². The van der Waals surface area contributed by atoms with Crippen molar-refractivity contribution in [1.82, 2.24) is 0 Å². The predicted octanol–water partition coefficient (Wildman–Crippen LogP) is 14.0. The summed E-state index contributed by atoms with van der Waals surface area (Å²) in [5, 5.41) is 43.8. The number of hydrogen-bond acceptors (Lipinski definition) is 26. The Morgan fingerprint density at radius 3 is 1.04 bits per heavy atom. The first kappa shape index (κ1) is 78.7. The van der Waals surface area contributed by atoms with Crippen LogP contribution in [0.2, 0.25) is 0 Å². The lowest BCUT2D eigenvalue weighted by molar-refractivity contribution is 0.317. The normalized spacial score (nSPS) is 12.8. The number of hydrogen-bond donors (Lipinski definition) is 8. The predicted molar refractivity (Wildman–Crippen MR) is 381 cm³/mol. The zero-order chi connectivity index (χ0) is 74.5. The lowest BCUT2D eigenvalue weighted by Crippen LogP contribution is -2.15. The second kappa shape index (κ2) is 33.4. The zero-order valence-corrected chi connectivity index (χ0v) is 60.4. The maximum atomic E-state index is 12.1. The summed E-state index contributed by atoms with van der Waals surface area (Å²) in [4.78, 5) is -0.906. The Balaban J connectivity index is 0.977. The number of rotatable bonds is 35. The lowest BCUT2D eigenvalue weighted by Gasteiger charge is -2.18. The fraction of sp³-hybridized carbons (Fsp3) is 0.312. The van der Waals surface area contributed by atoms with Gasteiger partial charge in [-0.05, 0) is 184 Å². The molecule has 0 bridgehead atoms. The minimum atomic E-state index is -4.66. The van der Waals surface area contributed by atoms with Gasteiger partial charge in [0.15, 0.2) is 0 Å². The van der Waals surface area contributed by atoms with Crippen molar-refractivity contribution >= 4 is 133 Å². The highest BCUT2D eigenvalue weighted by Crippen LogP contribution is 2.40. The van der Waals surface area contributed by atoms with Gasteiger partial charge in [0.05, 0.1) is 124 Å². The summed E-state index contributed by atoms with van der Waals surface area (Å²) in [6.07, 6.45) is -0.364. The Morgan fingerprint density at radius 1 is 0.343 bits per heavy atom. The van der Waals surface area contributed by atoms with Gasteiger partial charge in [0.25, 0.3) is 60.7 Å². The van der Waals surface area contributed by atoms with E-state index in [9.17, 15) is 68.7 Å². The molecule has 0 heterocycles. The highest BCUT2D eigenvalue weighted by Gasteiger charge is 2.20. The molecule has 0 saturated heterocycles. The quantitative estimate of drug-likeness (QED) is 0.00791. The van der Waals surface area contributed by atoms with Crippen molar-refractivity contribution in [2.75, 3.05) is 66.7 Å². The van der Waals surface area contributed by atoms with E-state index in [-0.39, 0.29) is 88.3 Å².